The maximum Gasteiger partial charge on any atom is 0.242 e. The van der Waals surface area contributed by atoms with Crippen molar-refractivity contribution in [1.82, 2.24) is 10.1 Å². The molecule has 0 aliphatic rings. The van der Waals surface area contributed by atoms with Crippen LogP contribution in [0.4, 0.5) is 0 Å². The van der Waals surface area contributed by atoms with Gasteiger partial charge in [-0.3, -0.25) is 0 Å². The molecule has 0 aliphatic carbocycles. The Morgan fingerprint density at radius 1 is 1.16 bits per heavy atom. The van der Waals surface area contributed by atoms with Gasteiger partial charge in [-0.1, -0.05) is 28.9 Å². The fourth-order valence-electron chi connectivity index (χ4n) is 2.28. The summed E-state index contributed by atoms with van der Waals surface area (Å²) in [5, 5.41) is 4.32. The summed E-state index contributed by atoms with van der Waals surface area (Å²) in [6.45, 7) is 1.92. The predicted octanol–water partition coefficient (Wildman–Crippen LogP) is 3.68. The van der Waals surface area contributed by atoms with E-state index in [2.05, 4.69) is 10.1 Å². The lowest BCUT2D eigenvalue weighted by molar-refractivity contribution is 0.389. The molecule has 0 bridgehead atoms. The number of aryl methyl sites for hydroxylation is 1. The van der Waals surface area contributed by atoms with Crippen LogP contribution in [0.5, 0.6) is 5.75 Å². The first-order valence-corrected chi connectivity index (χ1v) is 9.38. The van der Waals surface area contributed by atoms with Crippen LogP contribution < -0.4 is 4.74 Å². The van der Waals surface area contributed by atoms with Gasteiger partial charge in [0, 0.05) is 10.6 Å². The van der Waals surface area contributed by atoms with E-state index >= 15 is 0 Å². The first-order chi connectivity index (χ1) is 11.9. The number of hydrogen-bond donors (Lipinski definition) is 0. The van der Waals surface area contributed by atoms with E-state index in [0.29, 0.717) is 22.2 Å². The maximum absolute atomic E-state index is 12.4. The van der Waals surface area contributed by atoms with Crippen LogP contribution in [0.25, 0.3) is 11.4 Å². The summed E-state index contributed by atoms with van der Waals surface area (Å²) in [7, 11) is -2.02. The SMILES string of the molecule is COc1cc(-c2noc(CS(=O)(=O)c3ccc(Cl)cc3)n2)ccc1C. The van der Waals surface area contributed by atoms with E-state index in [4.69, 9.17) is 20.9 Å². The van der Waals surface area contributed by atoms with Gasteiger partial charge in [0.2, 0.25) is 11.7 Å². The maximum atomic E-state index is 12.4. The Labute approximate surface area is 150 Å². The zero-order valence-corrected chi connectivity index (χ0v) is 15.1. The third-order valence-electron chi connectivity index (χ3n) is 3.62. The summed E-state index contributed by atoms with van der Waals surface area (Å²) < 4.78 is 35.2. The van der Waals surface area contributed by atoms with Gasteiger partial charge in [0.1, 0.15) is 11.5 Å². The van der Waals surface area contributed by atoms with Crippen molar-refractivity contribution in [2.24, 2.45) is 0 Å². The Bertz CT molecular complexity index is 998. The molecule has 8 heteroatoms. The Morgan fingerprint density at radius 3 is 2.56 bits per heavy atom. The fraction of sp³-hybridized carbons (Fsp3) is 0.176. The first-order valence-electron chi connectivity index (χ1n) is 7.35. The summed E-state index contributed by atoms with van der Waals surface area (Å²) in [6.07, 6.45) is 0. The van der Waals surface area contributed by atoms with Crippen LogP contribution in [0.3, 0.4) is 0 Å². The zero-order chi connectivity index (χ0) is 18.0. The topological polar surface area (TPSA) is 82.3 Å². The molecule has 0 amide bonds. The zero-order valence-electron chi connectivity index (χ0n) is 13.6. The van der Waals surface area contributed by atoms with Crippen molar-refractivity contribution in [3.05, 3.63) is 58.9 Å². The molecular formula is C17H15ClN2O4S. The van der Waals surface area contributed by atoms with Crippen LogP contribution in [-0.4, -0.2) is 25.7 Å². The van der Waals surface area contributed by atoms with Crippen LogP contribution in [0.1, 0.15) is 11.5 Å². The molecule has 0 N–H and O–H groups in total. The molecule has 3 rings (SSSR count). The van der Waals surface area contributed by atoms with Crippen molar-refractivity contribution < 1.29 is 17.7 Å². The van der Waals surface area contributed by atoms with Crippen LogP contribution in [-0.2, 0) is 15.6 Å². The summed E-state index contributed by atoms with van der Waals surface area (Å²) >= 11 is 5.78. The average molecular weight is 379 g/mol. The van der Waals surface area contributed by atoms with Crippen LogP contribution >= 0.6 is 11.6 Å². The molecule has 25 heavy (non-hydrogen) atoms. The highest BCUT2D eigenvalue weighted by Crippen LogP contribution is 2.26. The number of methoxy groups -OCH3 is 1. The summed E-state index contributed by atoms with van der Waals surface area (Å²) in [5.41, 5.74) is 1.65. The highest BCUT2D eigenvalue weighted by Gasteiger charge is 2.20. The Kier molecular flexibility index (Phi) is 4.78. The van der Waals surface area contributed by atoms with Crippen molar-refractivity contribution in [2.75, 3.05) is 7.11 Å². The number of halogens is 1. The van der Waals surface area contributed by atoms with Crippen molar-refractivity contribution >= 4 is 21.4 Å². The summed E-state index contributed by atoms with van der Waals surface area (Å²) in [4.78, 5) is 4.32. The second-order valence-electron chi connectivity index (χ2n) is 5.41. The van der Waals surface area contributed by atoms with Crippen LogP contribution in [0.2, 0.25) is 5.02 Å². The standard InChI is InChI=1S/C17H15ClN2O4S/c1-11-3-4-12(9-15(11)23-2)17-19-16(24-20-17)10-25(21,22)14-7-5-13(18)6-8-14/h3-9H,10H2,1-2H3. The van der Waals surface area contributed by atoms with Gasteiger partial charge in [-0.05, 0) is 42.8 Å². The monoisotopic (exact) mass is 378 g/mol. The summed E-state index contributed by atoms with van der Waals surface area (Å²) in [5.74, 6) is 0.631. The lowest BCUT2D eigenvalue weighted by Gasteiger charge is -2.04. The molecule has 1 aromatic heterocycles. The van der Waals surface area contributed by atoms with Crippen LogP contribution in [0.15, 0.2) is 51.9 Å². The predicted molar refractivity (Wildman–Crippen MR) is 93.4 cm³/mol. The molecule has 0 saturated carbocycles. The second kappa shape index (κ2) is 6.85. The van der Waals surface area contributed by atoms with E-state index < -0.39 is 9.84 Å². The molecule has 0 fully saturated rings. The molecule has 2 aromatic carbocycles. The van der Waals surface area contributed by atoms with E-state index in [1.165, 1.54) is 24.3 Å². The van der Waals surface area contributed by atoms with Crippen molar-refractivity contribution in [2.45, 2.75) is 17.6 Å². The average Bonchev–Trinajstić information content (AvgIpc) is 3.03. The quantitative estimate of drug-likeness (QED) is 0.673. The van der Waals surface area contributed by atoms with Gasteiger partial charge >= 0.3 is 0 Å². The molecule has 0 saturated heterocycles. The van der Waals surface area contributed by atoms with E-state index in [0.717, 1.165) is 5.56 Å². The number of benzene rings is 2. The highest BCUT2D eigenvalue weighted by molar-refractivity contribution is 7.90. The molecule has 130 valence electrons. The van der Waals surface area contributed by atoms with E-state index in [9.17, 15) is 8.42 Å². The molecular weight excluding hydrogens is 364 g/mol. The molecule has 3 aromatic rings. The van der Waals surface area contributed by atoms with E-state index in [-0.39, 0.29) is 16.5 Å². The van der Waals surface area contributed by atoms with E-state index in [1.54, 1.807) is 13.2 Å². The number of aromatic nitrogens is 2. The summed E-state index contributed by atoms with van der Waals surface area (Å²) in [6, 6.07) is 11.4. The smallest absolute Gasteiger partial charge is 0.242 e. The molecule has 6 nitrogen and oxygen atoms in total. The number of nitrogens with zero attached hydrogens (tertiary/aromatic N) is 2. The fourth-order valence-corrected chi connectivity index (χ4v) is 3.56. The largest absolute Gasteiger partial charge is 0.496 e. The van der Waals surface area contributed by atoms with Gasteiger partial charge in [-0.2, -0.15) is 4.98 Å². The Hall–Kier alpha value is -2.38. The first kappa shape index (κ1) is 17.4. The molecule has 1 heterocycles. The van der Waals surface area contributed by atoms with Gasteiger partial charge in [0.05, 0.1) is 12.0 Å². The minimum Gasteiger partial charge on any atom is -0.496 e. The molecule has 0 spiro atoms. The van der Waals surface area contributed by atoms with Gasteiger partial charge in [-0.25, -0.2) is 8.42 Å². The molecule has 0 aliphatic heterocycles. The Morgan fingerprint density at radius 2 is 1.88 bits per heavy atom. The third kappa shape index (κ3) is 3.83. The number of rotatable bonds is 5. The molecule has 0 unspecified atom stereocenters. The highest BCUT2D eigenvalue weighted by atomic mass is 35.5. The second-order valence-corrected chi connectivity index (χ2v) is 7.84. The number of ether oxygens (including phenoxy) is 1. The van der Waals surface area contributed by atoms with Gasteiger partial charge < -0.3 is 9.26 Å². The van der Waals surface area contributed by atoms with Gasteiger partial charge in [0.25, 0.3) is 0 Å². The Balaban J connectivity index is 1.85. The normalized spacial score (nSPS) is 11.5. The third-order valence-corrected chi connectivity index (χ3v) is 5.49. The lowest BCUT2D eigenvalue weighted by Crippen LogP contribution is -2.05. The van der Waals surface area contributed by atoms with E-state index in [1.807, 2.05) is 19.1 Å². The number of sulfone groups is 1. The minimum absolute atomic E-state index is 0.0180. The molecule has 0 atom stereocenters. The minimum atomic E-state index is -3.60. The van der Waals surface area contributed by atoms with Crippen molar-refractivity contribution in [3.8, 4) is 17.1 Å². The van der Waals surface area contributed by atoms with Crippen LogP contribution in [0, 0.1) is 6.92 Å². The van der Waals surface area contributed by atoms with Crippen molar-refractivity contribution in [3.63, 3.8) is 0 Å². The van der Waals surface area contributed by atoms with Gasteiger partial charge in [-0.15, -0.1) is 0 Å². The van der Waals surface area contributed by atoms with Gasteiger partial charge in [0.15, 0.2) is 9.84 Å². The lowest BCUT2D eigenvalue weighted by atomic mass is 10.1. The van der Waals surface area contributed by atoms with Crippen molar-refractivity contribution in [1.29, 1.82) is 0 Å². The molecule has 0 radical (unpaired) electrons. The number of hydrogen-bond acceptors (Lipinski definition) is 6.